The Labute approximate surface area is 72.9 Å². The van der Waals surface area contributed by atoms with Gasteiger partial charge in [-0.2, -0.15) is 0 Å². The van der Waals surface area contributed by atoms with Crippen LogP contribution in [0.3, 0.4) is 0 Å². The number of aliphatic hydroxyl groups is 1. The van der Waals surface area contributed by atoms with Gasteiger partial charge in [-0.1, -0.05) is 6.92 Å². The Morgan fingerprint density at radius 3 is 2.83 bits per heavy atom. The maximum atomic E-state index is 9.87. The molecule has 4 atom stereocenters. The largest absolute Gasteiger partial charge is 0.390 e. The molecule has 1 N–H and O–H groups in total. The molecule has 2 saturated carbocycles. The quantitative estimate of drug-likeness (QED) is 0.555. The van der Waals surface area contributed by atoms with Crippen LogP contribution in [0.1, 0.15) is 39.0 Å². The standard InChI is InChI=1S/C10H16O2/c1-7-4-6-10-8(11)3-2-5-9(7,10)12-10/h7-8,11H,2-6H2,1H3. The van der Waals surface area contributed by atoms with Gasteiger partial charge < -0.3 is 9.84 Å². The molecule has 0 spiro atoms. The number of hydrogen-bond donors (Lipinski definition) is 1. The summed E-state index contributed by atoms with van der Waals surface area (Å²) in [6.45, 7) is 2.27. The SMILES string of the molecule is CC1CCC23OC12CCCC3O. The van der Waals surface area contributed by atoms with Crippen LogP contribution >= 0.6 is 0 Å². The zero-order chi connectivity index (χ0) is 8.40. The van der Waals surface area contributed by atoms with Crippen LogP contribution in [0.2, 0.25) is 0 Å². The first-order chi connectivity index (χ1) is 5.71. The maximum absolute atomic E-state index is 9.87. The molecule has 0 radical (unpaired) electrons. The zero-order valence-corrected chi connectivity index (χ0v) is 7.55. The average molecular weight is 168 g/mol. The second kappa shape index (κ2) is 1.88. The molecule has 1 aliphatic heterocycles. The summed E-state index contributed by atoms with van der Waals surface area (Å²) in [6, 6.07) is 0. The van der Waals surface area contributed by atoms with Crippen molar-refractivity contribution in [3.05, 3.63) is 0 Å². The van der Waals surface area contributed by atoms with E-state index in [1.54, 1.807) is 0 Å². The highest BCUT2D eigenvalue weighted by molar-refractivity contribution is 5.26. The highest BCUT2D eigenvalue weighted by Gasteiger charge is 2.78. The van der Waals surface area contributed by atoms with Gasteiger partial charge in [0.15, 0.2) is 0 Å². The third-order valence-electron chi connectivity index (χ3n) is 4.35. The lowest BCUT2D eigenvalue weighted by molar-refractivity contribution is 0.0605. The average Bonchev–Trinajstić information content (AvgIpc) is 2.66. The first-order valence-electron chi connectivity index (χ1n) is 5.09. The highest BCUT2D eigenvalue weighted by atomic mass is 16.6. The van der Waals surface area contributed by atoms with E-state index in [9.17, 15) is 5.11 Å². The van der Waals surface area contributed by atoms with Crippen molar-refractivity contribution in [2.75, 3.05) is 0 Å². The van der Waals surface area contributed by atoms with Crippen LogP contribution in [0.15, 0.2) is 0 Å². The van der Waals surface area contributed by atoms with Crippen LogP contribution in [0, 0.1) is 5.92 Å². The Morgan fingerprint density at radius 1 is 1.25 bits per heavy atom. The van der Waals surface area contributed by atoms with Gasteiger partial charge in [0, 0.05) is 0 Å². The van der Waals surface area contributed by atoms with Crippen LogP contribution in [-0.2, 0) is 4.74 Å². The van der Waals surface area contributed by atoms with Crippen LogP contribution in [0.4, 0.5) is 0 Å². The van der Waals surface area contributed by atoms with E-state index in [0.29, 0.717) is 5.92 Å². The van der Waals surface area contributed by atoms with Crippen LogP contribution in [0.25, 0.3) is 0 Å². The summed E-state index contributed by atoms with van der Waals surface area (Å²) in [4.78, 5) is 0. The third kappa shape index (κ3) is 0.549. The second-order valence-corrected chi connectivity index (χ2v) is 4.73. The third-order valence-corrected chi connectivity index (χ3v) is 4.35. The van der Waals surface area contributed by atoms with Crippen LogP contribution in [-0.4, -0.2) is 22.4 Å². The van der Waals surface area contributed by atoms with E-state index >= 15 is 0 Å². The number of hydrogen-bond acceptors (Lipinski definition) is 2. The van der Waals surface area contributed by atoms with Crippen molar-refractivity contribution in [2.45, 2.75) is 56.3 Å². The molecule has 68 valence electrons. The van der Waals surface area contributed by atoms with E-state index in [0.717, 1.165) is 19.3 Å². The Hall–Kier alpha value is -0.0800. The molecular weight excluding hydrogens is 152 g/mol. The van der Waals surface area contributed by atoms with E-state index in [4.69, 9.17) is 4.74 Å². The first-order valence-corrected chi connectivity index (χ1v) is 5.09. The van der Waals surface area contributed by atoms with E-state index < -0.39 is 0 Å². The Bertz CT molecular complexity index is 222. The molecule has 0 aromatic rings. The number of aliphatic hydroxyl groups excluding tert-OH is 1. The van der Waals surface area contributed by atoms with E-state index in [1.165, 1.54) is 12.8 Å². The summed E-state index contributed by atoms with van der Waals surface area (Å²) < 4.78 is 5.86. The van der Waals surface area contributed by atoms with E-state index in [2.05, 4.69) is 6.92 Å². The zero-order valence-electron chi connectivity index (χ0n) is 7.55. The molecule has 1 heterocycles. The molecule has 3 fully saturated rings. The summed E-state index contributed by atoms with van der Waals surface area (Å²) in [5.41, 5.74) is 0.0370. The molecule has 1 saturated heterocycles. The van der Waals surface area contributed by atoms with Crippen molar-refractivity contribution >= 4 is 0 Å². The van der Waals surface area contributed by atoms with Crippen molar-refractivity contribution in [3.8, 4) is 0 Å². The maximum Gasteiger partial charge on any atom is 0.124 e. The molecule has 0 bridgehead atoms. The lowest BCUT2D eigenvalue weighted by Gasteiger charge is -2.25. The molecule has 2 heteroatoms. The van der Waals surface area contributed by atoms with Gasteiger partial charge in [0.25, 0.3) is 0 Å². The molecule has 0 aromatic heterocycles. The highest BCUT2D eigenvalue weighted by Crippen LogP contribution is 2.68. The topological polar surface area (TPSA) is 32.8 Å². The molecular formula is C10H16O2. The summed E-state index contributed by atoms with van der Waals surface area (Å²) in [5, 5.41) is 9.87. The van der Waals surface area contributed by atoms with Gasteiger partial charge in [0.05, 0.1) is 6.10 Å². The van der Waals surface area contributed by atoms with Crippen molar-refractivity contribution in [1.82, 2.24) is 0 Å². The van der Waals surface area contributed by atoms with Gasteiger partial charge >= 0.3 is 0 Å². The number of epoxide rings is 1. The Kier molecular flexibility index (Phi) is 1.15. The van der Waals surface area contributed by atoms with E-state index in [1.807, 2.05) is 0 Å². The minimum atomic E-state index is -0.170. The fraction of sp³-hybridized carbons (Fsp3) is 1.00. The predicted octanol–water partition coefficient (Wildman–Crippen LogP) is 1.47. The fourth-order valence-electron chi connectivity index (χ4n) is 3.56. The normalized spacial score (nSPS) is 62.5. The second-order valence-electron chi connectivity index (χ2n) is 4.73. The van der Waals surface area contributed by atoms with Gasteiger partial charge in [0.2, 0.25) is 0 Å². The van der Waals surface area contributed by atoms with Gasteiger partial charge in [-0.25, -0.2) is 0 Å². The van der Waals surface area contributed by atoms with Gasteiger partial charge in [-0.05, 0) is 38.0 Å². The molecule has 12 heavy (non-hydrogen) atoms. The minimum absolute atomic E-state index is 0.0787. The smallest absolute Gasteiger partial charge is 0.124 e. The summed E-state index contributed by atoms with van der Waals surface area (Å²) >= 11 is 0. The Balaban J connectivity index is 1.98. The van der Waals surface area contributed by atoms with Crippen LogP contribution in [0.5, 0.6) is 0 Å². The fourth-order valence-corrected chi connectivity index (χ4v) is 3.56. The van der Waals surface area contributed by atoms with Gasteiger partial charge in [0.1, 0.15) is 11.2 Å². The predicted molar refractivity (Wildman–Crippen MR) is 44.8 cm³/mol. The first kappa shape index (κ1) is 7.34. The van der Waals surface area contributed by atoms with Gasteiger partial charge in [-0.15, -0.1) is 0 Å². The molecule has 0 aromatic carbocycles. The number of rotatable bonds is 0. The molecule has 3 rings (SSSR count). The summed E-state index contributed by atoms with van der Waals surface area (Å²) in [7, 11) is 0. The van der Waals surface area contributed by atoms with E-state index in [-0.39, 0.29) is 17.3 Å². The van der Waals surface area contributed by atoms with Crippen molar-refractivity contribution in [2.24, 2.45) is 5.92 Å². The molecule has 4 unspecified atom stereocenters. The van der Waals surface area contributed by atoms with Gasteiger partial charge in [-0.3, -0.25) is 0 Å². The molecule has 2 nitrogen and oxygen atoms in total. The van der Waals surface area contributed by atoms with Crippen LogP contribution < -0.4 is 0 Å². The monoisotopic (exact) mass is 168 g/mol. The summed E-state index contributed by atoms with van der Waals surface area (Å²) in [5.74, 6) is 0.674. The van der Waals surface area contributed by atoms with Crippen molar-refractivity contribution < 1.29 is 9.84 Å². The summed E-state index contributed by atoms with van der Waals surface area (Å²) in [6.07, 6.45) is 5.45. The lowest BCUT2D eigenvalue weighted by atomic mass is 9.77. The van der Waals surface area contributed by atoms with Crippen molar-refractivity contribution in [1.29, 1.82) is 0 Å². The molecule has 0 amide bonds. The van der Waals surface area contributed by atoms with Crippen molar-refractivity contribution in [3.63, 3.8) is 0 Å². The minimum Gasteiger partial charge on any atom is -0.390 e. The lowest BCUT2D eigenvalue weighted by Crippen LogP contribution is -2.39. The molecule has 2 aliphatic carbocycles. The number of ether oxygens (including phenoxy) is 1. The Morgan fingerprint density at radius 2 is 2.08 bits per heavy atom. The molecule has 3 aliphatic rings.